The Morgan fingerprint density at radius 1 is 1.22 bits per heavy atom. The van der Waals surface area contributed by atoms with Crippen LogP contribution in [0.15, 0.2) is 24.3 Å². The van der Waals surface area contributed by atoms with Crippen LogP contribution in [0.25, 0.3) is 10.9 Å². The van der Waals surface area contributed by atoms with Gasteiger partial charge in [0.25, 0.3) is 0 Å². The Labute approximate surface area is 159 Å². The molecule has 2 heterocycles. The average Bonchev–Trinajstić information content (AvgIpc) is 2.91. The van der Waals surface area contributed by atoms with E-state index in [1.54, 1.807) is 4.90 Å². The van der Waals surface area contributed by atoms with E-state index in [9.17, 15) is 9.59 Å². The highest BCUT2D eigenvalue weighted by atomic mass is 16.6. The number of ether oxygens (including phenoxy) is 1. The third kappa shape index (κ3) is 4.78. The summed E-state index contributed by atoms with van der Waals surface area (Å²) in [6.07, 6.45) is 1.69. The van der Waals surface area contributed by atoms with E-state index in [0.29, 0.717) is 19.0 Å². The predicted molar refractivity (Wildman–Crippen MR) is 103 cm³/mol. The van der Waals surface area contributed by atoms with Crippen LogP contribution in [-0.2, 0) is 22.5 Å². The molecule has 0 bridgehead atoms. The number of nitrogens with zero attached hydrogens (tertiary/aromatic N) is 3. The minimum absolute atomic E-state index is 0.178. The predicted octanol–water partition coefficient (Wildman–Crippen LogP) is 2.71. The lowest BCUT2D eigenvalue weighted by Crippen LogP contribution is -2.42. The van der Waals surface area contributed by atoms with Gasteiger partial charge in [-0.05, 0) is 45.6 Å². The van der Waals surface area contributed by atoms with Crippen LogP contribution in [0.3, 0.4) is 0 Å². The monoisotopic (exact) mass is 372 g/mol. The molecule has 0 aliphatic carbocycles. The van der Waals surface area contributed by atoms with E-state index in [2.05, 4.69) is 5.10 Å². The molecule has 0 spiro atoms. The summed E-state index contributed by atoms with van der Waals surface area (Å²) in [5, 5.41) is 5.64. The van der Waals surface area contributed by atoms with Crippen molar-refractivity contribution in [1.29, 1.82) is 0 Å². The van der Waals surface area contributed by atoms with E-state index in [0.717, 1.165) is 36.0 Å². The van der Waals surface area contributed by atoms with Crippen LogP contribution in [0.2, 0.25) is 0 Å². The van der Waals surface area contributed by atoms with Gasteiger partial charge >= 0.3 is 6.09 Å². The number of amides is 2. The van der Waals surface area contributed by atoms with Gasteiger partial charge in [-0.2, -0.15) is 5.10 Å². The summed E-state index contributed by atoms with van der Waals surface area (Å²) in [5.74, 6) is 0.0336. The van der Waals surface area contributed by atoms with Crippen LogP contribution < -0.4 is 5.73 Å². The van der Waals surface area contributed by atoms with Crippen LogP contribution >= 0.6 is 0 Å². The third-order valence-electron chi connectivity index (χ3n) is 4.79. The van der Waals surface area contributed by atoms with E-state index < -0.39 is 5.60 Å². The third-order valence-corrected chi connectivity index (χ3v) is 4.79. The minimum Gasteiger partial charge on any atom is -0.444 e. The first kappa shape index (κ1) is 19.2. The van der Waals surface area contributed by atoms with Crippen molar-refractivity contribution in [3.63, 3.8) is 0 Å². The maximum absolute atomic E-state index is 12.2. The average molecular weight is 372 g/mol. The summed E-state index contributed by atoms with van der Waals surface area (Å²) in [4.78, 5) is 25.5. The zero-order valence-corrected chi connectivity index (χ0v) is 16.3. The van der Waals surface area contributed by atoms with Gasteiger partial charge in [-0.25, -0.2) is 4.79 Å². The van der Waals surface area contributed by atoms with Gasteiger partial charge < -0.3 is 15.4 Å². The maximum Gasteiger partial charge on any atom is 0.410 e. The topological polar surface area (TPSA) is 90.4 Å². The van der Waals surface area contributed by atoms with Crippen LogP contribution in [0, 0.1) is 5.92 Å². The summed E-state index contributed by atoms with van der Waals surface area (Å²) in [6, 6.07) is 7.80. The van der Waals surface area contributed by atoms with Crippen molar-refractivity contribution in [2.45, 2.75) is 52.2 Å². The Bertz CT molecular complexity index is 829. The fraction of sp³-hybridized carbons (Fsp3) is 0.550. The van der Waals surface area contributed by atoms with Crippen LogP contribution in [-0.4, -0.2) is 45.4 Å². The molecule has 0 unspecified atom stereocenters. The molecule has 1 saturated heterocycles. The number of piperidine rings is 1. The molecule has 1 aromatic heterocycles. The van der Waals surface area contributed by atoms with Gasteiger partial charge in [0.15, 0.2) is 0 Å². The lowest BCUT2D eigenvalue weighted by atomic mass is 9.97. The number of carbonyl (C=O) groups is 2. The van der Waals surface area contributed by atoms with Crippen LogP contribution in [0.5, 0.6) is 0 Å². The van der Waals surface area contributed by atoms with Gasteiger partial charge in [-0.15, -0.1) is 0 Å². The minimum atomic E-state index is -0.479. The molecule has 1 aliphatic rings. The van der Waals surface area contributed by atoms with E-state index >= 15 is 0 Å². The molecule has 0 atom stereocenters. The summed E-state index contributed by atoms with van der Waals surface area (Å²) in [7, 11) is 0. The Kier molecular flexibility index (Phi) is 5.39. The summed E-state index contributed by atoms with van der Waals surface area (Å²) in [5.41, 5.74) is 6.70. The van der Waals surface area contributed by atoms with Crippen molar-refractivity contribution in [1.82, 2.24) is 14.7 Å². The highest BCUT2D eigenvalue weighted by molar-refractivity contribution is 5.86. The van der Waals surface area contributed by atoms with Crippen LogP contribution in [0.1, 0.15) is 39.3 Å². The fourth-order valence-corrected chi connectivity index (χ4v) is 3.51. The second kappa shape index (κ2) is 7.58. The highest BCUT2D eigenvalue weighted by Gasteiger charge is 2.27. The lowest BCUT2D eigenvalue weighted by Gasteiger charge is -2.33. The van der Waals surface area contributed by atoms with Gasteiger partial charge in [0.1, 0.15) is 5.60 Å². The molecule has 7 heteroatoms. The van der Waals surface area contributed by atoms with E-state index in [1.807, 2.05) is 49.7 Å². The molecule has 2 N–H and O–H groups in total. The first-order valence-corrected chi connectivity index (χ1v) is 9.43. The quantitative estimate of drug-likeness (QED) is 0.893. The number of hydrogen-bond donors (Lipinski definition) is 1. The van der Waals surface area contributed by atoms with Gasteiger partial charge in [0.05, 0.1) is 17.6 Å². The molecule has 2 amide bonds. The Balaban J connectivity index is 1.67. The summed E-state index contributed by atoms with van der Waals surface area (Å²) >= 11 is 0. The van der Waals surface area contributed by atoms with E-state index in [1.165, 1.54) is 0 Å². The molecule has 7 nitrogen and oxygen atoms in total. The Hall–Kier alpha value is -2.57. The second-order valence-corrected chi connectivity index (χ2v) is 8.20. The van der Waals surface area contributed by atoms with Gasteiger partial charge in [-0.3, -0.25) is 9.48 Å². The molecular weight excluding hydrogens is 344 g/mol. The van der Waals surface area contributed by atoms with Crippen molar-refractivity contribution < 1.29 is 14.3 Å². The van der Waals surface area contributed by atoms with Crippen molar-refractivity contribution in [2.75, 3.05) is 13.1 Å². The molecule has 146 valence electrons. The number of primary amides is 1. The zero-order chi connectivity index (χ0) is 19.6. The fourth-order valence-electron chi connectivity index (χ4n) is 3.51. The maximum atomic E-state index is 12.2. The van der Waals surface area contributed by atoms with Crippen molar-refractivity contribution in [3.8, 4) is 0 Å². The second-order valence-electron chi connectivity index (χ2n) is 8.20. The first-order chi connectivity index (χ1) is 12.7. The van der Waals surface area contributed by atoms with Crippen molar-refractivity contribution in [2.24, 2.45) is 11.7 Å². The smallest absolute Gasteiger partial charge is 0.410 e. The van der Waals surface area contributed by atoms with E-state index in [-0.39, 0.29) is 18.4 Å². The van der Waals surface area contributed by atoms with Crippen molar-refractivity contribution in [3.05, 3.63) is 30.0 Å². The molecule has 2 aromatic rings. The SMILES string of the molecule is CC(C)(C)OC(=O)N1CCC(Cn2nc3ccccc3c2CC(N)=O)CC1. The number of fused-ring (bicyclic) bond motifs is 1. The number of nitrogens with two attached hydrogens (primary N) is 1. The molecule has 1 fully saturated rings. The zero-order valence-electron chi connectivity index (χ0n) is 16.3. The van der Waals surface area contributed by atoms with Gasteiger partial charge in [-0.1, -0.05) is 18.2 Å². The molecule has 1 aliphatic heterocycles. The standard InChI is InChI=1S/C20H28N4O3/c1-20(2,3)27-19(26)23-10-8-14(9-11-23)13-24-17(12-18(21)25)15-6-4-5-7-16(15)22-24/h4-7,14H,8-13H2,1-3H3,(H2,21,25). The summed E-state index contributed by atoms with van der Waals surface area (Å²) < 4.78 is 7.37. The number of likely N-dealkylation sites (tertiary alicyclic amines) is 1. The molecule has 0 saturated carbocycles. The normalized spacial score (nSPS) is 15.9. The van der Waals surface area contributed by atoms with E-state index in [4.69, 9.17) is 10.5 Å². The van der Waals surface area contributed by atoms with Crippen molar-refractivity contribution >= 4 is 22.9 Å². The first-order valence-electron chi connectivity index (χ1n) is 9.43. The number of carbonyl (C=O) groups excluding carboxylic acids is 2. The van der Waals surface area contributed by atoms with Gasteiger partial charge in [0.2, 0.25) is 5.91 Å². The molecule has 27 heavy (non-hydrogen) atoms. The Morgan fingerprint density at radius 3 is 2.52 bits per heavy atom. The Morgan fingerprint density at radius 2 is 1.89 bits per heavy atom. The number of benzene rings is 1. The highest BCUT2D eigenvalue weighted by Crippen LogP contribution is 2.24. The summed E-state index contributed by atoms with van der Waals surface area (Å²) in [6.45, 7) is 7.69. The molecular formula is C20H28N4O3. The number of hydrogen-bond acceptors (Lipinski definition) is 4. The lowest BCUT2D eigenvalue weighted by molar-refractivity contribution is -0.117. The molecule has 3 rings (SSSR count). The number of rotatable bonds is 4. The van der Waals surface area contributed by atoms with Gasteiger partial charge in [0, 0.05) is 25.0 Å². The number of aromatic nitrogens is 2. The molecule has 1 aromatic carbocycles. The van der Waals surface area contributed by atoms with Crippen LogP contribution in [0.4, 0.5) is 4.79 Å². The largest absolute Gasteiger partial charge is 0.444 e. The molecule has 0 radical (unpaired) electrons.